The van der Waals surface area contributed by atoms with E-state index in [0.29, 0.717) is 16.2 Å². The number of aromatic nitrogens is 1. The van der Waals surface area contributed by atoms with Crippen molar-refractivity contribution in [1.82, 2.24) is 9.88 Å². The standard InChI is InChI=1S/C20H26N2O3S2/c1-24-15-6-7-17-18(12-15)27-20(21-17)25-14-8-10-22(11-9-14)19(23)13-26-16-4-2-3-5-16/h6-7,12,14,16H,2-5,8-11,13H2,1H3. The number of benzene rings is 1. The molecule has 0 unspecified atom stereocenters. The number of hydrogen-bond acceptors (Lipinski definition) is 6. The minimum atomic E-state index is 0.138. The van der Waals surface area contributed by atoms with Crippen molar-refractivity contribution in [2.24, 2.45) is 0 Å². The lowest BCUT2D eigenvalue weighted by atomic mass is 10.1. The zero-order valence-electron chi connectivity index (χ0n) is 15.7. The summed E-state index contributed by atoms with van der Waals surface area (Å²) in [4.78, 5) is 19.0. The number of carbonyl (C=O) groups excluding carboxylic acids is 1. The molecule has 0 spiro atoms. The molecule has 1 amide bonds. The molecule has 2 fully saturated rings. The van der Waals surface area contributed by atoms with Crippen molar-refractivity contribution in [3.05, 3.63) is 18.2 Å². The van der Waals surface area contributed by atoms with Crippen LogP contribution in [-0.4, -0.2) is 53.1 Å². The maximum absolute atomic E-state index is 12.4. The summed E-state index contributed by atoms with van der Waals surface area (Å²) >= 11 is 3.41. The Morgan fingerprint density at radius 2 is 2.04 bits per heavy atom. The molecule has 0 N–H and O–H groups in total. The van der Waals surface area contributed by atoms with E-state index in [1.54, 1.807) is 18.4 Å². The third kappa shape index (κ3) is 4.69. The van der Waals surface area contributed by atoms with Crippen LogP contribution in [0.2, 0.25) is 0 Å². The number of thioether (sulfide) groups is 1. The van der Waals surface area contributed by atoms with Gasteiger partial charge in [0.2, 0.25) is 5.91 Å². The van der Waals surface area contributed by atoms with Crippen molar-refractivity contribution in [1.29, 1.82) is 0 Å². The van der Waals surface area contributed by atoms with Gasteiger partial charge >= 0.3 is 0 Å². The zero-order chi connectivity index (χ0) is 18.6. The molecule has 7 heteroatoms. The monoisotopic (exact) mass is 406 g/mol. The van der Waals surface area contributed by atoms with E-state index in [-0.39, 0.29) is 12.0 Å². The minimum Gasteiger partial charge on any atom is -0.497 e. The number of methoxy groups -OCH3 is 1. The average Bonchev–Trinajstić information content (AvgIpc) is 3.35. The van der Waals surface area contributed by atoms with Crippen LogP contribution in [0, 0.1) is 0 Å². The molecule has 1 saturated heterocycles. The summed E-state index contributed by atoms with van der Waals surface area (Å²) in [6.45, 7) is 1.57. The summed E-state index contributed by atoms with van der Waals surface area (Å²) in [6.07, 6.45) is 7.10. The van der Waals surface area contributed by atoms with Crippen LogP contribution in [0.15, 0.2) is 18.2 Å². The predicted octanol–water partition coefficient (Wildman–Crippen LogP) is 4.35. The summed E-state index contributed by atoms with van der Waals surface area (Å²) in [7, 11) is 1.67. The molecule has 5 nitrogen and oxygen atoms in total. The Bertz CT molecular complexity index is 781. The van der Waals surface area contributed by atoms with Crippen LogP contribution < -0.4 is 9.47 Å². The Kier molecular flexibility index (Phi) is 6.08. The quantitative estimate of drug-likeness (QED) is 0.714. The number of nitrogens with zero attached hydrogens (tertiary/aromatic N) is 2. The van der Waals surface area contributed by atoms with Gasteiger partial charge in [-0.25, -0.2) is 4.98 Å². The number of likely N-dealkylation sites (tertiary alicyclic amines) is 1. The van der Waals surface area contributed by atoms with Crippen LogP contribution >= 0.6 is 23.1 Å². The number of rotatable bonds is 6. The molecule has 0 radical (unpaired) electrons. The molecule has 1 aromatic heterocycles. The normalized spacial score (nSPS) is 18.9. The van der Waals surface area contributed by atoms with Crippen LogP contribution in [0.1, 0.15) is 38.5 Å². The van der Waals surface area contributed by atoms with E-state index in [0.717, 1.165) is 41.9 Å². The molecular weight excluding hydrogens is 380 g/mol. The smallest absolute Gasteiger partial charge is 0.274 e. The number of amides is 1. The first-order valence-electron chi connectivity index (χ1n) is 9.72. The lowest BCUT2D eigenvalue weighted by Gasteiger charge is -2.31. The summed E-state index contributed by atoms with van der Waals surface area (Å²) in [5.41, 5.74) is 0.937. The van der Waals surface area contributed by atoms with E-state index in [1.165, 1.54) is 25.7 Å². The summed E-state index contributed by atoms with van der Waals surface area (Å²) < 4.78 is 12.4. The van der Waals surface area contributed by atoms with Crippen molar-refractivity contribution in [2.75, 3.05) is 26.0 Å². The first-order chi connectivity index (χ1) is 13.2. The van der Waals surface area contributed by atoms with E-state index >= 15 is 0 Å². The predicted molar refractivity (Wildman–Crippen MR) is 111 cm³/mol. The van der Waals surface area contributed by atoms with Crippen LogP contribution in [0.5, 0.6) is 10.9 Å². The highest BCUT2D eigenvalue weighted by molar-refractivity contribution is 8.00. The maximum Gasteiger partial charge on any atom is 0.274 e. The van der Waals surface area contributed by atoms with Gasteiger partial charge in [-0.1, -0.05) is 24.2 Å². The van der Waals surface area contributed by atoms with Crippen molar-refractivity contribution in [3.63, 3.8) is 0 Å². The molecule has 27 heavy (non-hydrogen) atoms. The van der Waals surface area contributed by atoms with E-state index < -0.39 is 0 Å². The lowest BCUT2D eigenvalue weighted by molar-refractivity contribution is -0.130. The Balaban J connectivity index is 1.26. The maximum atomic E-state index is 12.4. The second kappa shape index (κ2) is 8.69. The van der Waals surface area contributed by atoms with Gasteiger partial charge in [-0.05, 0) is 31.0 Å². The first kappa shape index (κ1) is 18.9. The highest BCUT2D eigenvalue weighted by Gasteiger charge is 2.26. The number of hydrogen-bond donors (Lipinski definition) is 0. The Morgan fingerprint density at radius 3 is 2.78 bits per heavy atom. The molecule has 0 bridgehead atoms. The Hall–Kier alpha value is -1.47. The molecule has 0 atom stereocenters. The summed E-state index contributed by atoms with van der Waals surface area (Å²) in [6, 6.07) is 5.86. The van der Waals surface area contributed by atoms with Crippen molar-refractivity contribution in [3.8, 4) is 10.9 Å². The van der Waals surface area contributed by atoms with Gasteiger partial charge in [0.1, 0.15) is 11.9 Å². The molecule has 146 valence electrons. The number of ether oxygens (including phenoxy) is 2. The molecule has 4 rings (SSSR count). The SMILES string of the molecule is COc1ccc2nc(OC3CCN(C(=O)CSC4CCCC4)CC3)sc2c1. The molecule has 1 saturated carbocycles. The molecule has 1 aromatic carbocycles. The fraction of sp³-hybridized carbons (Fsp3) is 0.600. The number of carbonyl (C=O) groups is 1. The van der Waals surface area contributed by atoms with Crippen LogP contribution in [0.25, 0.3) is 10.2 Å². The average molecular weight is 407 g/mol. The molecule has 1 aliphatic heterocycles. The minimum absolute atomic E-state index is 0.138. The van der Waals surface area contributed by atoms with E-state index in [4.69, 9.17) is 9.47 Å². The second-order valence-electron chi connectivity index (χ2n) is 7.23. The van der Waals surface area contributed by atoms with Gasteiger partial charge in [-0.2, -0.15) is 0 Å². The molecule has 2 aliphatic rings. The summed E-state index contributed by atoms with van der Waals surface area (Å²) in [5, 5.41) is 1.41. The van der Waals surface area contributed by atoms with E-state index in [9.17, 15) is 4.79 Å². The fourth-order valence-electron chi connectivity index (χ4n) is 3.76. The first-order valence-corrected chi connectivity index (χ1v) is 11.6. The molecule has 2 aromatic rings. The third-order valence-corrected chi connectivity index (χ3v) is 7.65. The van der Waals surface area contributed by atoms with Crippen LogP contribution in [0.4, 0.5) is 0 Å². The van der Waals surface area contributed by atoms with Gasteiger partial charge in [-0.3, -0.25) is 4.79 Å². The highest BCUT2D eigenvalue weighted by Crippen LogP contribution is 2.32. The van der Waals surface area contributed by atoms with Gasteiger partial charge in [0.25, 0.3) is 5.19 Å². The molecule has 1 aliphatic carbocycles. The fourth-order valence-corrected chi connectivity index (χ4v) is 5.90. The van der Waals surface area contributed by atoms with Crippen molar-refractivity contribution >= 4 is 39.2 Å². The van der Waals surface area contributed by atoms with Gasteiger partial charge in [0.05, 0.1) is 23.1 Å². The van der Waals surface area contributed by atoms with Gasteiger partial charge < -0.3 is 14.4 Å². The van der Waals surface area contributed by atoms with Crippen LogP contribution in [0.3, 0.4) is 0 Å². The van der Waals surface area contributed by atoms with Gasteiger partial charge in [-0.15, -0.1) is 11.8 Å². The zero-order valence-corrected chi connectivity index (χ0v) is 17.3. The molecule has 2 heterocycles. The number of fused-ring (bicyclic) bond motifs is 1. The topological polar surface area (TPSA) is 51.7 Å². The Labute approximate surface area is 168 Å². The second-order valence-corrected chi connectivity index (χ2v) is 9.51. The van der Waals surface area contributed by atoms with Gasteiger partial charge in [0.15, 0.2) is 0 Å². The largest absolute Gasteiger partial charge is 0.497 e. The van der Waals surface area contributed by atoms with Gasteiger partial charge in [0, 0.05) is 31.2 Å². The Morgan fingerprint density at radius 1 is 1.26 bits per heavy atom. The summed E-state index contributed by atoms with van der Waals surface area (Å²) in [5.74, 6) is 1.76. The molecular formula is C20H26N2O3S2. The van der Waals surface area contributed by atoms with E-state index in [2.05, 4.69) is 4.98 Å². The van der Waals surface area contributed by atoms with E-state index in [1.807, 2.05) is 34.9 Å². The van der Waals surface area contributed by atoms with Crippen LogP contribution in [-0.2, 0) is 4.79 Å². The lowest BCUT2D eigenvalue weighted by Crippen LogP contribution is -2.42. The third-order valence-electron chi connectivity index (χ3n) is 5.38. The number of thiazole rings is 1. The highest BCUT2D eigenvalue weighted by atomic mass is 32.2. The van der Waals surface area contributed by atoms with Crippen molar-refractivity contribution in [2.45, 2.75) is 49.9 Å². The van der Waals surface area contributed by atoms with Crippen molar-refractivity contribution < 1.29 is 14.3 Å². The number of piperidine rings is 1.